The highest BCUT2D eigenvalue weighted by molar-refractivity contribution is 14.0. The van der Waals surface area contributed by atoms with E-state index in [1.807, 2.05) is 13.8 Å². The van der Waals surface area contributed by atoms with Gasteiger partial charge in [0.1, 0.15) is 0 Å². The average Bonchev–Trinajstić information content (AvgIpc) is 2.33. The maximum Gasteiger partial charge on any atom is 0.221 e. The summed E-state index contributed by atoms with van der Waals surface area (Å²) in [6.45, 7) is 10.3. The molecule has 0 spiro atoms. The van der Waals surface area contributed by atoms with E-state index in [2.05, 4.69) is 27.5 Å². The first-order chi connectivity index (χ1) is 8.24. The Morgan fingerprint density at radius 3 is 2.56 bits per heavy atom. The Hall–Kier alpha value is -0.790. The fourth-order valence-electron chi connectivity index (χ4n) is 1.13. The van der Waals surface area contributed by atoms with Crippen LogP contribution < -0.4 is 16.0 Å². The molecule has 0 saturated carbocycles. The van der Waals surface area contributed by atoms with Gasteiger partial charge >= 0.3 is 0 Å². The number of amides is 1. The molecule has 0 aromatic carbocycles. The number of hydrogen-bond donors (Lipinski definition) is 3. The molecule has 0 heterocycles. The van der Waals surface area contributed by atoms with Crippen LogP contribution in [0.15, 0.2) is 17.6 Å². The monoisotopic (exact) mass is 368 g/mol. The molecule has 106 valence electrons. The summed E-state index contributed by atoms with van der Waals surface area (Å²) in [6, 6.07) is 0. The van der Waals surface area contributed by atoms with Gasteiger partial charge in [0.15, 0.2) is 5.96 Å². The normalized spacial score (nSPS) is 10.2. The van der Waals surface area contributed by atoms with E-state index in [1.165, 1.54) is 0 Å². The van der Waals surface area contributed by atoms with E-state index < -0.39 is 0 Å². The van der Waals surface area contributed by atoms with Gasteiger partial charge in [0.25, 0.3) is 0 Å². The molecule has 6 heteroatoms. The van der Waals surface area contributed by atoms with Crippen molar-refractivity contribution >= 4 is 35.8 Å². The molecule has 0 atom stereocenters. The first kappa shape index (κ1) is 19.5. The van der Waals surface area contributed by atoms with Gasteiger partial charge in [-0.25, -0.2) is 0 Å². The van der Waals surface area contributed by atoms with Crippen molar-refractivity contribution in [2.24, 2.45) is 4.99 Å². The molecule has 0 rings (SSSR count). The molecular formula is C12H25IN4O. The molecule has 0 aromatic rings. The van der Waals surface area contributed by atoms with Gasteiger partial charge in [0.05, 0.1) is 6.54 Å². The molecule has 0 aromatic heterocycles. The molecule has 1 amide bonds. The summed E-state index contributed by atoms with van der Waals surface area (Å²) in [4.78, 5) is 15.6. The van der Waals surface area contributed by atoms with Gasteiger partial charge in [0, 0.05) is 26.1 Å². The van der Waals surface area contributed by atoms with Crippen molar-refractivity contribution in [2.45, 2.75) is 26.7 Å². The van der Waals surface area contributed by atoms with Gasteiger partial charge in [-0.05, 0) is 13.3 Å². The van der Waals surface area contributed by atoms with E-state index in [1.54, 1.807) is 6.08 Å². The topological polar surface area (TPSA) is 65.5 Å². The molecule has 0 fully saturated rings. The highest BCUT2D eigenvalue weighted by Crippen LogP contribution is 1.83. The van der Waals surface area contributed by atoms with Gasteiger partial charge in [-0.2, -0.15) is 0 Å². The SMILES string of the molecule is C=CCNC(=NCCC(=O)NCCC)NCC.I. The van der Waals surface area contributed by atoms with Crippen LogP contribution in [-0.4, -0.2) is 38.0 Å². The summed E-state index contributed by atoms with van der Waals surface area (Å²) in [6.07, 6.45) is 3.14. The van der Waals surface area contributed by atoms with Crippen molar-refractivity contribution in [1.82, 2.24) is 16.0 Å². The van der Waals surface area contributed by atoms with Gasteiger partial charge < -0.3 is 16.0 Å². The second-order valence-corrected chi connectivity index (χ2v) is 3.53. The van der Waals surface area contributed by atoms with E-state index in [-0.39, 0.29) is 29.9 Å². The van der Waals surface area contributed by atoms with Gasteiger partial charge in [-0.3, -0.25) is 9.79 Å². The Morgan fingerprint density at radius 1 is 1.28 bits per heavy atom. The standard InChI is InChI=1S/C12H24N4O.HI/c1-4-8-14-11(17)7-10-16-12(13-6-3)15-9-5-2;/h5H,2,4,6-10H2,1,3H3,(H,14,17)(H2,13,15,16);1H. The Kier molecular flexibility index (Phi) is 15.5. The van der Waals surface area contributed by atoms with E-state index in [4.69, 9.17) is 0 Å². The first-order valence-electron chi connectivity index (χ1n) is 6.14. The van der Waals surface area contributed by atoms with Crippen molar-refractivity contribution in [3.05, 3.63) is 12.7 Å². The summed E-state index contributed by atoms with van der Waals surface area (Å²) < 4.78 is 0. The Balaban J connectivity index is 0. The Labute approximate surface area is 127 Å². The zero-order chi connectivity index (χ0) is 12.9. The smallest absolute Gasteiger partial charge is 0.221 e. The maximum absolute atomic E-state index is 11.3. The average molecular weight is 368 g/mol. The van der Waals surface area contributed by atoms with E-state index in [0.29, 0.717) is 19.5 Å². The van der Waals surface area contributed by atoms with Crippen LogP contribution >= 0.6 is 24.0 Å². The molecular weight excluding hydrogens is 343 g/mol. The lowest BCUT2D eigenvalue weighted by atomic mass is 10.4. The lowest BCUT2D eigenvalue weighted by molar-refractivity contribution is -0.120. The summed E-state index contributed by atoms with van der Waals surface area (Å²) >= 11 is 0. The fourth-order valence-corrected chi connectivity index (χ4v) is 1.13. The predicted molar refractivity (Wildman–Crippen MR) is 87.5 cm³/mol. The number of guanidine groups is 1. The van der Waals surface area contributed by atoms with Crippen molar-refractivity contribution in [3.8, 4) is 0 Å². The van der Waals surface area contributed by atoms with Crippen LogP contribution in [-0.2, 0) is 4.79 Å². The van der Waals surface area contributed by atoms with E-state index in [9.17, 15) is 4.79 Å². The van der Waals surface area contributed by atoms with Crippen molar-refractivity contribution in [3.63, 3.8) is 0 Å². The van der Waals surface area contributed by atoms with Crippen molar-refractivity contribution < 1.29 is 4.79 Å². The molecule has 0 aliphatic rings. The number of carbonyl (C=O) groups is 1. The summed E-state index contributed by atoms with van der Waals surface area (Å²) in [5.74, 6) is 0.769. The molecule has 0 radical (unpaired) electrons. The van der Waals surface area contributed by atoms with Gasteiger partial charge in [-0.1, -0.05) is 13.0 Å². The Morgan fingerprint density at radius 2 is 2.00 bits per heavy atom. The van der Waals surface area contributed by atoms with Crippen LogP contribution in [0.3, 0.4) is 0 Å². The second-order valence-electron chi connectivity index (χ2n) is 3.53. The molecule has 0 unspecified atom stereocenters. The lowest BCUT2D eigenvalue weighted by Gasteiger charge is -2.09. The Bertz CT molecular complexity index is 256. The minimum atomic E-state index is 0. The number of carbonyl (C=O) groups excluding carboxylic acids is 1. The summed E-state index contributed by atoms with van der Waals surface area (Å²) in [5.41, 5.74) is 0. The number of rotatable bonds is 8. The van der Waals surface area contributed by atoms with Crippen LogP contribution in [0.5, 0.6) is 0 Å². The number of nitrogens with zero attached hydrogens (tertiary/aromatic N) is 1. The minimum Gasteiger partial charge on any atom is -0.357 e. The van der Waals surface area contributed by atoms with E-state index >= 15 is 0 Å². The number of hydrogen-bond acceptors (Lipinski definition) is 2. The van der Waals surface area contributed by atoms with Gasteiger partial charge in [-0.15, -0.1) is 30.6 Å². The molecule has 5 nitrogen and oxygen atoms in total. The molecule has 0 saturated heterocycles. The van der Waals surface area contributed by atoms with Crippen LogP contribution in [0, 0.1) is 0 Å². The first-order valence-corrected chi connectivity index (χ1v) is 6.14. The number of aliphatic imine (C=N–C) groups is 1. The van der Waals surface area contributed by atoms with Crippen LogP contribution in [0.2, 0.25) is 0 Å². The molecule has 0 bridgehead atoms. The maximum atomic E-state index is 11.3. The highest BCUT2D eigenvalue weighted by Gasteiger charge is 1.99. The molecule has 3 N–H and O–H groups in total. The van der Waals surface area contributed by atoms with Crippen LogP contribution in [0.25, 0.3) is 0 Å². The quantitative estimate of drug-likeness (QED) is 0.262. The van der Waals surface area contributed by atoms with Crippen molar-refractivity contribution in [1.29, 1.82) is 0 Å². The minimum absolute atomic E-state index is 0. The van der Waals surface area contributed by atoms with Crippen LogP contribution in [0.1, 0.15) is 26.7 Å². The van der Waals surface area contributed by atoms with Crippen molar-refractivity contribution in [2.75, 3.05) is 26.2 Å². The molecule has 18 heavy (non-hydrogen) atoms. The zero-order valence-corrected chi connectivity index (χ0v) is 13.6. The zero-order valence-electron chi connectivity index (χ0n) is 11.3. The second kappa shape index (κ2) is 14.3. The molecule has 0 aliphatic heterocycles. The highest BCUT2D eigenvalue weighted by atomic mass is 127. The van der Waals surface area contributed by atoms with E-state index in [0.717, 1.165) is 25.5 Å². The fraction of sp³-hybridized carbons (Fsp3) is 0.667. The third-order valence-electron chi connectivity index (χ3n) is 1.94. The third kappa shape index (κ3) is 11.7. The lowest BCUT2D eigenvalue weighted by Crippen LogP contribution is -2.37. The largest absolute Gasteiger partial charge is 0.357 e. The third-order valence-corrected chi connectivity index (χ3v) is 1.94. The summed E-state index contributed by atoms with van der Waals surface area (Å²) in [5, 5.41) is 8.99. The number of halogens is 1. The summed E-state index contributed by atoms with van der Waals surface area (Å²) in [7, 11) is 0. The van der Waals surface area contributed by atoms with Crippen LogP contribution in [0.4, 0.5) is 0 Å². The molecule has 0 aliphatic carbocycles. The number of nitrogens with one attached hydrogen (secondary N) is 3. The predicted octanol–water partition coefficient (Wildman–Crippen LogP) is 1.26. The van der Waals surface area contributed by atoms with Gasteiger partial charge in [0.2, 0.25) is 5.91 Å².